The van der Waals surface area contributed by atoms with Crippen molar-refractivity contribution in [1.29, 1.82) is 0 Å². The number of esters is 1. The lowest BCUT2D eigenvalue weighted by Gasteiger charge is -1.97. The number of halogens is 1. The zero-order valence-corrected chi connectivity index (χ0v) is 8.34. The largest absolute Gasteiger partial charge is 0.464 e. The molecule has 0 spiro atoms. The van der Waals surface area contributed by atoms with E-state index in [1.807, 2.05) is 0 Å². The molecular formula is C10H8ClNO2. The Morgan fingerprint density at radius 2 is 2.50 bits per heavy atom. The van der Waals surface area contributed by atoms with Gasteiger partial charge < -0.3 is 4.74 Å². The van der Waals surface area contributed by atoms with Crippen LogP contribution in [0, 0.1) is 11.8 Å². The Balaban J connectivity index is 2.95. The van der Waals surface area contributed by atoms with E-state index >= 15 is 0 Å². The number of carbonyl (C=O) groups is 1. The molecule has 0 amide bonds. The smallest absolute Gasteiger partial charge is 0.356 e. The van der Waals surface area contributed by atoms with Crippen molar-refractivity contribution in [3.63, 3.8) is 0 Å². The van der Waals surface area contributed by atoms with Crippen LogP contribution >= 0.6 is 11.6 Å². The van der Waals surface area contributed by atoms with Crippen LogP contribution in [0.5, 0.6) is 0 Å². The highest BCUT2D eigenvalue weighted by molar-refractivity contribution is 6.19. The van der Waals surface area contributed by atoms with Crippen molar-refractivity contribution in [2.45, 2.75) is 0 Å². The van der Waals surface area contributed by atoms with Gasteiger partial charge in [0.05, 0.1) is 13.0 Å². The highest BCUT2D eigenvalue weighted by Crippen LogP contribution is 2.01. The molecule has 0 aromatic carbocycles. The third-order valence-corrected chi connectivity index (χ3v) is 1.59. The van der Waals surface area contributed by atoms with E-state index in [9.17, 15) is 4.79 Å². The second-order valence-electron chi connectivity index (χ2n) is 2.36. The van der Waals surface area contributed by atoms with Crippen molar-refractivity contribution in [2.75, 3.05) is 13.0 Å². The van der Waals surface area contributed by atoms with E-state index in [4.69, 9.17) is 11.6 Å². The summed E-state index contributed by atoms with van der Waals surface area (Å²) in [6.07, 6.45) is 1.50. The van der Waals surface area contributed by atoms with Gasteiger partial charge in [-0.2, -0.15) is 0 Å². The molecule has 1 heterocycles. The van der Waals surface area contributed by atoms with Crippen LogP contribution in [-0.4, -0.2) is 23.9 Å². The van der Waals surface area contributed by atoms with Gasteiger partial charge in [0.15, 0.2) is 0 Å². The number of nitrogens with zero attached hydrogens (tertiary/aromatic N) is 1. The molecule has 0 unspecified atom stereocenters. The van der Waals surface area contributed by atoms with Crippen LogP contribution in [0.4, 0.5) is 0 Å². The van der Waals surface area contributed by atoms with E-state index in [2.05, 4.69) is 21.6 Å². The van der Waals surface area contributed by atoms with E-state index in [1.165, 1.54) is 13.3 Å². The van der Waals surface area contributed by atoms with Crippen molar-refractivity contribution in [3.8, 4) is 11.8 Å². The second kappa shape index (κ2) is 5.25. The number of ether oxygens (including phenoxy) is 1. The summed E-state index contributed by atoms with van der Waals surface area (Å²) in [5.41, 5.74) is 0.940. The summed E-state index contributed by atoms with van der Waals surface area (Å²) >= 11 is 5.40. The predicted octanol–water partition coefficient (Wildman–Crippen LogP) is 1.46. The summed E-state index contributed by atoms with van der Waals surface area (Å²) in [6.45, 7) is 0. The number of carbonyl (C=O) groups excluding carboxylic acids is 1. The van der Waals surface area contributed by atoms with Gasteiger partial charge >= 0.3 is 5.97 Å². The van der Waals surface area contributed by atoms with Crippen molar-refractivity contribution in [2.24, 2.45) is 0 Å². The number of alkyl halides is 1. The average molecular weight is 210 g/mol. The molecule has 14 heavy (non-hydrogen) atoms. The standard InChI is InChI=1S/C10H8ClNO2/c1-14-10(13)9-7-8(3-2-5-11)4-6-12-9/h4,6-7H,5H2,1H3. The quantitative estimate of drug-likeness (QED) is 0.399. The van der Waals surface area contributed by atoms with Crippen molar-refractivity contribution in [1.82, 2.24) is 4.98 Å². The summed E-state index contributed by atoms with van der Waals surface area (Å²) < 4.78 is 4.52. The third kappa shape index (κ3) is 2.75. The summed E-state index contributed by atoms with van der Waals surface area (Å²) in [5.74, 6) is 5.26. The van der Waals surface area contributed by atoms with Crippen molar-refractivity contribution < 1.29 is 9.53 Å². The van der Waals surface area contributed by atoms with Crippen LogP contribution in [0.3, 0.4) is 0 Å². The SMILES string of the molecule is COC(=O)c1cc(C#CCCl)ccn1. The molecule has 0 aliphatic rings. The molecule has 0 saturated carbocycles. The van der Waals surface area contributed by atoms with E-state index in [0.717, 1.165) is 0 Å². The molecule has 0 aliphatic heterocycles. The molecule has 1 rings (SSSR count). The van der Waals surface area contributed by atoms with Gasteiger partial charge in [-0.25, -0.2) is 9.78 Å². The highest BCUT2D eigenvalue weighted by Gasteiger charge is 2.05. The Kier molecular flexibility index (Phi) is 3.96. The Morgan fingerprint density at radius 1 is 1.71 bits per heavy atom. The van der Waals surface area contributed by atoms with Gasteiger partial charge in [-0.1, -0.05) is 11.8 Å². The van der Waals surface area contributed by atoms with Gasteiger partial charge in [0, 0.05) is 11.8 Å². The molecule has 0 atom stereocenters. The molecule has 0 N–H and O–H groups in total. The van der Waals surface area contributed by atoms with Crippen LogP contribution in [0.25, 0.3) is 0 Å². The van der Waals surface area contributed by atoms with Gasteiger partial charge in [0.1, 0.15) is 5.69 Å². The maximum atomic E-state index is 11.1. The monoisotopic (exact) mass is 209 g/mol. The highest BCUT2D eigenvalue weighted by atomic mass is 35.5. The first-order chi connectivity index (χ1) is 6.77. The second-order valence-corrected chi connectivity index (χ2v) is 2.62. The first kappa shape index (κ1) is 10.6. The Hall–Kier alpha value is -1.53. The fourth-order valence-corrected chi connectivity index (χ4v) is 0.927. The van der Waals surface area contributed by atoms with E-state index in [-0.39, 0.29) is 11.6 Å². The van der Waals surface area contributed by atoms with E-state index in [1.54, 1.807) is 12.1 Å². The molecule has 1 aromatic heterocycles. The number of hydrogen-bond donors (Lipinski definition) is 0. The normalized spacial score (nSPS) is 8.71. The Labute approximate surface area is 87.1 Å². The van der Waals surface area contributed by atoms with Crippen LogP contribution in [0.2, 0.25) is 0 Å². The summed E-state index contributed by atoms with van der Waals surface area (Å²) in [6, 6.07) is 3.26. The van der Waals surface area contributed by atoms with E-state index < -0.39 is 5.97 Å². The van der Waals surface area contributed by atoms with Crippen molar-refractivity contribution in [3.05, 3.63) is 29.6 Å². The number of methoxy groups -OCH3 is 1. The molecule has 0 saturated heterocycles. The molecule has 4 heteroatoms. The minimum atomic E-state index is -0.473. The molecular weight excluding hydrogens is 202 g/mol. The first-order valence-corrected chi connectivity index (χ1v) is 4.40. The van der Waals surface area contributed by atoms with E-state index in [0.29, 0.717) is 5.56 Å². The molecule has 72 valence electrons. The molecule has 1 aromatic rings. The third-order valence-electron chi connectivity index (χ3n) is 1.45. The predicted molar refractivity (Wildman–Crippen MR) is 53.2 cm³/mol. The van der Waals surface area contributed by atoms with Crippen LogP contribution in [0.1, 0.15) is 16.1 Å². The van der Waals surface area contributed by atoms with Crippen molar-refractivity contribution >= 4 is 17.6 Å². The summed E-state index contributed by atoms with van der Waals surface area (Å²) in [5, 5.41) is 0. The zero-order chi connectivity index (χ0) is 10.4. The van der Waals surface area contributed by atoms with Gasteiger partial charge in [0.2, 0.25) is 0 Å². The lowest BCUT2D eigenvalue weighted by Crippen LogP contribution is -2.03. The van der Waals surface area contributed by atoms with Crippen LogP contribution in [0.15, 0.2) is 18.3 Å². The summed E-state index contributed by atoms with van der Waals surface area (Å²) in [7, 11) is 1.31. The fraction of sp³-hybridized carbons (Fsp3) is 0.200. The molecule has 0 fully saturated rings. The molecule has 0 aliphatic carbocycles. The zero-order valence-electron chi connectivity index (χ0n) is 7.58. The van der Waals surface area contributed by atoms with Crippen LogP contribution in [-0.2, 0) is 4.74 Å². The maximum Gasteiger partial charge on any atom is 0.356 e. The van der Waals surface area contributed by atoms with Gasteiger partial charge in [0.25, 0.3) is 0 Å². The summed E-state index contributed by atoms with van der Waals surface area (Å²) in [4.78, 5) is 14.9. The van der Waals surface area contributed by atoms with Crippen LogP contribution < -0.4 is 0 Å². The van der Waals surface area contributed by atoms with Gasteiger partial charge in [-0.3, -0.25) is 0 Å². The Bertz CT molecular complexity index is 393. The maximum absolute atomic E-state index is 11.1. The minimum Gasteiger partial charge on any atom is -0.464 e. The number of pyridine rings is 1. The molecule has 3 nitrogen and oxygen atoms in total. The fourth-order valence-electron chi connectivity index (χ4n) is 0.860. The minimum absolute atomic E-state index is 0.244. The molecule has 0 bridgehead atoms. The lowest BCUT2D eigenvalue weighted by atomic mass is 10.2. The first-order valence-electron chi connectivity index (χ1n) is 3.87. The average Bonchev–Trinajstić information content (AvgIpc) is 2.25. The number of hydrogen-bond acceptors (Lipinski definition) is 3. The number of aromatic nitrogens is 1. The van der Waals surface area contributed by atoms with Gasteiger partial charge in [-0.15, -0.1) is 11.6 Å². The number of rotatable bonds is 1. The molecule has 0 radical (unpaired) electrons. The Morgan fingerprint density at radius 3 is 3.14 bits per heavy atom. The lowest BCUT2D eigenvalue weighted by molar-refractivity contribution is 0.0594. The van der Waals surface area contributed by atoms with Gasteiger partial charge in [-0.05, 0) is 12.1 Å². The topological polar surface area (TPSA) is 39.2 Å².